The van der Waals surface area contributed by atoms with Gasteiger partial charge in [-0.2, -0.15) is 0 Å². The molecule has 3 rings (SSSR count). The number of aliphatic imine (C=N–C) groups is 1. The summed E-state index contributed by atoms with van der Waals surface area (Å²) in [5.74, 6) is 1.09. The van der Waals surface area contributed by atoms with E-state index in [9.17, 15) is 8.78 Å². The fourth-order valence-corrected chi connectivity index (χ4v) is 3.47. The molecule has 2 aromatic rings. The van der Waals surface area contributed by atoms with Crippen LogP contribution >= 0.6 is 24.0 Å². The zero-order chi connectivity index (χ0) is 20.1. The quantitative estimate of drug-likeness (QED) is 0.373. The van der Waals surface area contributed by atoms with E-state index in [0.717, 1.165) is 30.7 Å². The van der Waals surface area contributed by atoms with Crippen molar-refractivity contribution in [2.45, 2.75) is 19.4 Å². The van der Waals surface area contributed by atoms with Gasteiger partial charge in [0.25, 0.3) is 0 Å². The molecule has 2 aromatic carbocycles. The van der Waals surface area contributed by atoms with Gasteiger partial charge in [0.1, 0.15) is 11.6 Å². The highest BCUT2D eigenvalue weighted by atomic mass is 127. The zero-order valence-electron chi connectivity index (χ0n) is 16.8. The number of rotatable bonds is 5. The highest BCUT2D eigenvalue weighted by Gasteiger charge is 2.21. The lowest BCUT2D eigenvalue weighted by Crippen LogP contribution is -2.44. The van der Waals surface area contributed by atoms with Gasteiger partial charge in [0.2, 0.25) is 0 Å². The molecule has 0 saturated carbocycles. The van der Waals surface area contributed by atoms with Crippen LogP contribution in [0.5, 0.6) is 11.5 Å². The molecule has 1 aliphatic heterocycles. The van der Waals surface area contributed by atoms with Crippen molar-refractivity contribution in [2.24, 2.45) is 4.99 Å². The third-order valence-corrected chi connectivity index (χ3v) is 4.85. The predicted octanol–water partition coefficient (Wildman–Crippen LogP) is 3.78. The molecule has 0 bridgehead atoms. The van der Waals surface area contributed by atoms with Crippen LogP contribution in [-0.2, 0) is 19.4 Å². The lowest BCUT2D eigenvalue weighted by molar-refractivity contribution is 0.346. The molecule has 0 amide bonds. The fourth-order valence-electron chi connectivity index (χ4n) is 3.47. The first-order valence-electron chi connectivity index (χ1n) is 9.18. The molecular weight excluding hydrogens is 491 g/mol. The molecule has 0 fully saturated rings. The SMILES string of the molecule is CN=C(NCCc1cc(F)cc(F)c1)N1CCc2cc(OC)c(OC)cc2C1.I. The number of guanidine groups is 1. The van der Waals surface area contributed by atoms with Crippen molar-refractivity contribution >= 4 is 29.9 Å². The summed E-state index contributed by atoms with van der Waals surface area (Å²) in [6.07, 6.45) is 1.37. The van der Waals surface area contributed by atoms with E-state index in [1.807, 2.05) is 12.1 Å². The Morgan fingerprint density at radius 2 is 1.66 bits per heavy atom. The van der Waals surface area contributed by atoms with Crippen LogP contribution in [0.4, 0.5) is 8.78 Å². The largest absolute Gasteiger partial charge is 0.493 e. The molecular formula is C21H26F2IN3O2. The predicted molar refractivity (Wildman–Crippen MR) is 120 cm³/mol. The van der Waals surface area contributed by atoms with Gasteiger partial charge in [-0.1, -0.05) is 0 Å². The molecule has 0 atom stereocenters. The summed E-state index contributed by atoms with van der Waals surface area (Å²) in [6, 6.07) is 7.61. The number of nitrogens with one attached hydrogen (secondary N) is 1. The number of hydrogen-bond acceptors (Lipinski definition) is 3. The minimum absolute atomic E-state index is 0. The third-order valence-electron chi connectivity index (χ3n) is 4.85. The number of fused-ring (bicyclic) bond motifs is 1. The average Bonchev–Trinajstić information content (AvgIpc) is 2.69. The molecule has 1 aliphatic rings. The average molecular weight is 517 g/mol. The minimum Gasteiger partial charge on any atom is -0.493 e. The summed E-state index contributed by atoms with van der Waals surface area (Å²) < 4.78 is 37.4. The molecule has 5 nitrogen and oxygen atoms in total. The highest BCUT2D eigenvalue weighted by Crippen LogP contribution is 2.33. The zero-order valence-corrected chi connectivity index (χ0v) is 19.1. The Kier molecular flexibility index (Phi) is 8.48. The van der Waals surface area contributed by atoms with Crippen molar-refractivity contribution in [3.05, 3.63) is 58.7 Å². The minimum atomic E-state index is -0.559. The molecule has 0 spiro atoms. The first kappa shape index (κ1) is 23.2. The number of nitrogens with zero attached hydrogens (tertiary/aromatic N) is 2. The van der Waals surface area contributed by atoms with Gasteiger partial charge in [-0.05, 0) is 53.8 Å². The molecule has 158 valence electrons. The second kappa shape index (κ2) is 10.6. The summed E-state index contributed by atoms with van der Waals surface area (Å²) in [4.78, 5) is 6.51. The molecule has 0 aromatic heterocycles. The first-order valence-corrected chi connectivity index (χ1v) is 9.18. The van der Waals surface area contributed by atoms with E-state index in [0.29, 0.717) is 30.8 Å². The number of ether oxygens (including phenoxy) is 2. The Morgan fingerprint density at radius 3 is 2.24 bits per heavy atom. The van der Waals surface area contributed by atoms with Gasteiger partial charge >= 0.3 is 0 Å². The Bertz CT molecular complexity index is 857. The van der Waals surface area contributed by atoms with Gasteiger partial charge in [0.15, 0.2) is 17.5 Å². The first-order chi connectivity index (χ1) is 13.5. The Morgan fingerprint density at radius 1 is 1.03 bits per heavy atom. The highest BCUT2D eigenvalue weighted by molar-refractivity contribution is 14.0. The number of halogens is 3. The van der Waals surface area contributed by atoms with Crippen LogP contribution in [0.2, 0.25) is 0 Å². The maximum atomic E-state index is 13.3. The van der Waals surface area contributed by atoms with Crippen LogP contribution in [0.3, 0.4) is 0 Å². The van der Waals surface area contributed by atoms with Crippen molar-refractivity contribution in [3.63, 3.8) is 0 Å². The smallest absolute Gasteiger partial charge is 0.193 e. The van der Waals surface area contributed by atoms with Gasteiger partial charge in [-0.3, -0.25) is 4.99 Å². The second-order valence-corrected chi connectivity index (χ2v) is 6.65. The van der Waals surface area contributed by atoms with Crippen LogP contribution < -0.4 is 14.8 Å². The van der Waals surface area contributed by atoms with Crippen LogP contribution in [-0.4, -0.2) is 45.2 Å². The maximum Gasteiger partial charge on any atom is 0.193 e. The Hall–Kier alpha value is -2.10. The molecule has 0 aliphatic carbocycles. The van der Waals surface area contributed by atoms with E-state index in [4.69, 9.17) is 9.47 Å². The third kappa shape index (κ3) is 5.71. The number of hydrogen-bond donors (Lipinski definition) is 1. The van der Waals surface area contributed by atoms with Gasteiger partial charge in [-0.25, -0.2) is 8.78 Å². The summed E-state index contributed by atoms with van der Waals surface area (Å²) in [7, 11) is 4.99. The van der Waals surface area contributed by atoms with Gasteiger partial charge in [-0.15, -0.1) is 24.0 Å². The summed E-state index contributed by atoms with van der Waals surface area (Å²) >= 11 is 0. The lowest BCUT2D eigenvalue weighted by Gasteiger charge is -2.32. The normalized spacial score (nSPS) is 13.4. The van der Waals surface area contributed by atoms with Crippen molar-refractivity contribution in [3.8, 4) is 11.5 Å². The van der Waals surface area contributed by atoms with E-state index < -0.39 is 11.6 Å². The number of methoxy groups -OCH3 is 2. The van der Waals surface area contributed by atoms with Crippen LogP contribution in [0.1, 0.15) is 16.7 Å². The van der Waals surface area contributed by atoms with Crippen molar-refractivity contribution in [2.75, 3.05) is 34.4 Å². The van der Waals surface area contributed by atoms with E-state index in [1.54, 1.807) is 21.3 Å². The van der Waals surface area contributed by atoms with Crippen molar-refractivity contribution in [1.82, 2.24) is 10.2 Å². The maximum absolute atomic E-state index is 13.3. The molecule has 0 unspecified atom stereocenters. The van der Waals surface area contributed by atoms with E-state index in [2.05, 4.69) is 15.2 Å². The lowest BCUT2D eigenvalue weighted by atomic mass is 9.99. The van der Waals surface area contributed by atoms with Crippen molar-refractivity contribution in [1.29, 1.82) is 0 Å². The monoisotopic (exact) mass is 517 g/mol. The van der Waals surface area contributed by atoms with Crippen LogP contribution in [0.25, 0.3) is 0 Å². The topological polar surface area (TPSA) is 46.1 Å². The molecule has 1 N–H and O–H groups in total. The molecule has 0 radical (unpaired) electrons. The summed E-state index contributed by atoms with van der Waals surface area (Å²) in [5.41, 5.74) is 3.01. The second-order valence-electron chi connectivity index (χ2n) is 6.65. The van der Waals surface area contributed by atoms with Crippen LogP contribution in [0, 0.1) is 11.6 Å². The number of benzene rings is 2. The van der Waals surface area contributed by atoms with E-state index in [-0.39, 0.29) is 24.0 Å². The molecule has 29 heavy (non-hydrogen) atoms. The van der Waals surface area contributed by atoms with Gasteiger partial charge in [0, 0.05) is 32.7 Å². The van der Waals surface area contributed by atoms with Crippen LogP contribution in [0.15, 0.2) is 35.3 Å². The Labute approximate surface area is 187 Å². The Balaban J connectivity index is 0.00000300. The summed E-state index contributed by atoms with van der Waals surface area (Å²) in [5, 5.41) is 3.28. The molecule has 1 heterocycles. The van der Waals surface area contributed by atoms with Crippen molar-refractivity contribution < 1.29 is 18.3 Å². The van der Waals surface area contributed by atoms with E-state index in [1.165, 1.54) is 23.3 Å². The van der Waals surface area contributed by atoms with E-state index >= 15 is 0 Å². The summed E-state index contributed by atoms with van der Waals surface area (Å²) in [6.45, 7) is 2.05. The fraction of sp³-hybridized carbons (Fsp3) is 0.381. The molecule has 0 saturated heterocycles. The van der Waals surface area contributed by atoms with Gasteiger partial charge in [0.05, 0.1) is 14.2 Å². The van der Waals surface area contributed by atoms with Gasteiger partial charge < -0.3 is 19.7 Å². The standard InChI is InChI=1S/C21H25F2N3O2.HI/c1-24-21(25-6-4-14-8-17(22)12-18(23)9-14)26-7-5-15-10-19(27-2)20(28-3)11-16(15)13-26;/h8-12H,4-7,13H2,1-3H3,(H,24,25);1H. The molecule has 8 heteroatoms.